The first-order chi connectivity index (χ1) is 8.50. The maximum atomic E-state index is 11.9. The summed E-state index contributed by atoms with van der Waals surface area (Å²) in [7, 11) is -4.01. The molecule has 0 amide bonds. The number of aromatic nitrogens is 2. The Hall–Kier alpha value is -1.86. The number of nitrogens with one attached hydrogen (secondary N) is 2. The number of H-pyrrole nitrogens is 1. The molecule has 0 saturated heterocycles. The highest BCUT2D eigenvalue weighted by Gasteiger charge is 2.19. The van der Waals surface area contributed by atoms with Crippen LogP contribution in [0.1, 0.15) is 0 Å². The smallest absolute Gasteiger partial charge is 0.268 e. The first-order valence-electron chi connectivity index (χ1n) is 4.81. The van der Waals surface area contributed by atoms with Crippen LogP contribution < -0.4 is 10.2 Å². The maximum absolute atomic E-state index is 11.9. The third-order valence-corrected chi connectivity index (χ3v) is 3.73. The summed E-state index contributed by atoms with van der Waals surface area (Å²) in [6.45, 7) is 0. The number of nitrogens with zero attached hydrogens (tertiary/aromatic N) is 1. The molecule has 0 unspecified atom stereocenters. The van der Waals surface area contributed by atoms with E-state index in [-0.39, 0.29) is 10.8 Å². The Bertz CT molecular complexity index is 727. The van der Waals surface area contributed by atoms with Crippen molar-refractivity contribution in [3.05, 3.63) is 52.0 Å². The van der Waals surface area contributed by atoms with E-state index in [0.717, 1.165) is 12.3 Å². The summed E-state index contributed by atoms with van der Waals surface area (Å²) in [6.07, 6.45) is 3.83. The minimum absolute atomic E-state index is 0.0255. The van der Waals surface area contributed by atoms with Gasteiger partial charge in [0, 0.05) is 24.7 Å². The summed E-state index contributed by atoms with van der Waals surface area (Å²) < 4.78 is 26.0. The Labute approximate surface area is 108 Å². The number of rotatable bonds is 3. The Morgan fingerprint density at radius 1 is 1.33 bits per heavy atom. The molecule has 2 aromatic rings. The van der Waals surface area contributed by atoms with Crippen molar-refractivity contribution in [2.75, 3.05) is 4.72 Å². The average Bonchev–Trinajstić information content (AvgIpc) is 2.32. The Kier molecular flexibility index (Phi) is 3.35. The molecule has 0 radical (unpaired) electrons. The van der Waals surface area contributed by atoms with Crippen LogP contribution in [0.3, 0.4) is 0 Å². The van der Waals surface area contributed by atoms with E-state index >= 15 is 0 Å². The molecule has 18 heavy (non-hydrogen) atoms. The zero-order chi connectivity index (χ0) is 13.2. The van der Waals surface area contributed by atoms with Crippen LogP contribution in [0.2, 0.25) is 5.02 Å². The van der Waals surface area contributed by atoms with Gasteiger partial charge in [0.15, 0.2) is 10.7 Å². The third kappa shape index (κ3) is 2.52. The molecule has 0 atom stereocenters. The van der Waals surface area contributed by atoms with Crippen LogP contribution in [0.4, 0.5) is 5.82 Å². The van der Waals surface area contributed by atoms with Gasteiger partial charge in [0.1, 0.15) is 0 Å². The summed E-state index contributed by atoms with van der Waals surface area (Å²) in [6, 6.07) is 4.17. The van der Waals surface area contributed by atoms with Gasteiger partial charge in [-0.2, -0.15) is 0 Å². The van der Waals surface area contributed by atoms with E-state index in [0.29, 0.717) is 0 Å². The fourth-order valence-corrected chi connectivity index (χ4v) is 2.56. The second-order valence-corrected chi connectivity index (χ2v) is 5.37. The second kappa shape index (κ2) is 4.79. The lowest BCUT2D eigenvalue weighted by Crippen LogP contribution is -2.21. The largest absolute Gasteiger partial charge is 0.366 e. The number of hydrogen-bond donors (Lipinski definition) is 2. The van der Waals surface area contributed by atoms with Crippen molar-refractivity contribution in [1.29, 1.82) is 0 Å². The van der Waals surface area contributed by atoms with Crippen LogP contribution in [-0.4, -0.2) is 18.4 Å². The van der Waals surface area contributed by atoms with Crippen molar-refractivity contribution in [2.24, 2.45) is 0 Å². The van der Waals surface area contributed by atoms with Crippen LogP contribution in [0.25, 0.3) is 0 Å². The van der Waals surface area contributed by atoms with Gasteiger partial charge in [-0.05, 0) is 12.1 Å². The Morgan fingerprint density at radius 2 is 2.11 bits per heavy atom. The van der Waals surface area contributed by atoms with Crippen LogP contribution in [0.5, 0.6) is 0 Å². The zero-order valence-corrected chi connectivity index (χ0v) is 10.5. The van der Waals surface area contributed by atoms with Gasteiger partial charge in [-0.15, -0.1) is 0 Å². The van der Waals surface area contributed by atoms with Crippen LogP contribution >= 0.6 is 11.6 Å². The van der Waals surface area contributed by atoms with E-state index in [2.05, 4.69) is 14.7 Å². The van der Waals surface area contributed by atoms with Crippen LogP contribution in [0.15, 0.2) is 46.5 Å². The van der Waals surface area contributed by atoms with Crippen LogP contribution in [-0.2, 0) is 10.0 Å². The molecule has 2 rings (SSSR count). The van der Waals surface area contributed by atoms with E-state index in [1.165, 1.54) is 18.5 Å². The van der Waals surface area contributed by atoms with Gasteiger partial charge in [-0.25, -0.2) is 13.4 Å². The van der Waals surface area contributed by atoms with Crippen molar-refractivity contribution in [1.82, 2.24) is 9.97 Å². The van der Waals surface area contributed by atoms with Crippen molar-refractivity contribution in [3.8, 4) is 0 Å². The van der Waals surface area contributed by atoms with E-state index in [1.807, 2.05) is 0 Å². The standard InChI is InChI=1S/C10H8ClN3O3S/c11-7-2-1-4-13-10(7)14-18(16,17)9-6-12-5-3-8(9)15/h1-6H,(H,12,15)(H,13,14). The molecule has 0 fully saturated rings. The fraction of sp³-hybridized carbons (Fsp3) is 0. The molecule has 0 aliphatic carbocycles. The number of hydrogen-bond acceptors (Lipinski definition) is 4. The summed E-state index contributed by atoms with van der Waals surface area (Å²) in [4.78, 5) is 17.4. The molecule has 0 aliphatic heterocycles. The normalized spacial score (nSPS) is 11.2. The van der Waals surface area contributed by atoms with Crippen LogP contribution in [0, 0.1) is 0 Å². The number of sulfonamides is 1. The van der Waals surface area contributed by atoms with Gasteiger partial charge >= 0.3 is 0 Å². The van der Waals surface area contributed by atoms with Gasteiger partial charge in [-0.3, -0.25) is 9.52 Å². The predicted octanol–water partition coefficient (Wildman–Crippen LogP) is 1.22. The summed E-state index contributed by atoms with van der Waals surface area (Å²) in [5.41, 5.74) is -0.617. The Balaban J connectivity index is 2.43. The lowest BCUT2D eigenvalue weighted by atomic mass is 10.5. The minimum Gasteiger partial charge on any atom is -0.366 e. The topological polar surface area (TPSA) is 91.9 Å². The zero-order valence-electron chi connectivity index (χ0n) is 8.92. The molecule has 8 heteroatoms. The first kappa shape index (κ1) is 12.6. The number of anilines is 1. The number of halogens is 1. The number of aromatic amines is 1. The molecule has 0 spiro atoms. The third-order valence-electron chi connectivity index (χ3n) is 2.07. The highest BCUT2D eigenvalue weighted by atomic mass is 35.5. The predicted molar refractivity (Wildman–Crippen MR) is 67.1 cm³/mol. The Morgan fingerprint density at radius 3 is 2.78 bits per heavy atom. The molecule has 0 bridgehead atoms. The number of pyridine rings is 2. The summed E-state index contributed by atoms with van der Waals surface area (Å²) in [5.74, 6) is -0.0255. The highest BCUT2D eigenvalue weighted by molar-refractivity contribution is 7.92. The van der Waals surface area contributed by atoms with E-state index < -0.39 is 20.3 Å². The monoisotopic (exact) mass is 285 g/mol. The second-order valence-electron chi connectivity index (χ2n) is 3.31. The van der Waals surface area contributed by atoms with Crippen molar-refractivity contribution < 1.29 is 8.42 Å². The SMILES string of the molecule is O=c1cc[nH]cc1S(=O)(=O)Nc1ncccc1Cl. The highest BCUT2D eigenvalue weighted by Crippen LogP contribution is 2.20. The molecule has 94 valence electrons. The van der Waals surface area contributed by atoms with E-state index in [1.54, 1.807) is 6.07 Å². The van der Waals surface area contributed by atoms with Crippen molar-refractivity contribution in [2.45, 2.75) is 4.90 Å². The quantitative estimate of drug-likeness (QED) is 0.887. The molecule has 2 N–H and O–H groups in total. The molecule has 2 heterocycles. The van der Waals surface area contributed by atoms with E-state index in [9.17, 15) is 13.2 Å². The van der Waals surface area contributed by atoms with Gasteiger partial charge in [0.25, 0.3) is 10.0 Å². The van der Waals surface area contributed by atoms with Gasteiger partial charge in [0.2, 0.25) is 5.43 Å². The fourth-order valence-electron chi connectivity index (χ4n) is 1.25. The van der Waals surface area contributed by atoms with Gasteiger partial charge in [0.05, 0.1) is 5.02 Å². The summed E-state index contributed by atoms with van der Waals surface area (Å²) in [5, 5.41) is 0.147. The van der Waals surface area contributed by atoms with E-state index in [4.69, 9.17) is 11.6 Å². The lowest BCUT2D eigenvalue weighted by Gasteiger charge is -2.07. The molecule has 0 aromatic carbocycles. The average molecular weight is 286 g/mol. The molecule has 2 aromatic heterocycles. The van der Waals surface area contributed by atoms with Gasteiger partial charge < -0.3 is 4.98 Å². The lowest BCUT2D eigenvalue weighted by molar-refractivity contribution is 0.600. The molecule has 0 aliphatic rings. The van der Waals surface area contributed by atoms with Crippen molar-refractivity contribution >= 4 is 27.4 Å². The molecule has 6 nitrogen and oxygen atoms in total. The van der Waals surface area contributed by atoms with Gasteiger partial charge in [-0.1, -0.05) is 11.6 Å². The maximum Gasteiger partial charge on any atom is 0.268 e. The molecule has 0 saturated carbocycles. The molecular weight excluding hydrogens is 278 g/mol. The van der Waals surface area contributed by atoms with Crippen molar-refractivity contribution in [3.63, 3.8) is 0 Å². The molecular formula is C10H8ClN3O3S. The minimum atomic E-state index is -4.01. The first-order valence-corrected chi connectivity index (χ1v) is 6.67. The summed E-state index contributed by atoms with van der Waals surface area (Å²) >= 11 is 5.78.